The summed E-state index contributed by atoms with van der Waals surface area (Å²) in [6.07, 6.45) is 0. The highest BCUT2D eigenvalue weighted by molar-refractivity contribution is 6.42. The summed E-state index contributed by atoms with van der Waals surface area (Å²) in [6.45, 7) is 0. The number of anilines is 1. The highest BCUT2D eigenvalue weighted by atomic mass is 35.5. The number of nitrogen functional groups attached to an aromatic ring is 1. The fourth-order valence-corrected chi connectivity index (χ4v) is 1.69. The lowest BCUT2D eigenvalue weighted by molar-refractivity contribution is 0.485. The number of rotatable bonds is 2. The van der Waals surface area contributed by atoms with Crippen LogP contribution in [0.5, 0.6) is 11.5 Å². The predicted octanol–water partition coefficient (Wildman–Crippen LogP) is 4.24. The average Bonchev–Trinajstić information content (AvgIpc) is 2.36. The Hall–Kier alpha value is -1.89. The van der Waals surface area contributed by atoms with Gasteiger partial charge < -0.3 is 10.5 Å². The summed E-state index contributed by atoms with van der Waals surface area (Å²) >= 11 is 11.7. The van der Waals surface area contributed by atoms with Gasteiger partial charge in [0.05, 0.1) is 21.3 Å². The molecule has 18 heavy (non-hydrogen) atoms. The molecule has 2 aromatic carbocycles. The Morgan fingerprint density at radius 2 is 1.89 bits per heavy atom. The van der Waals surface area contributed by atoms with E-state index in [1.807, 2.05) is 6.07 Å². The molecule has 0 radical (unpaired) electrons. The lowest BCUT2D eigenvalue weighted by Gasteiger charge is -2.09. The fraction of sp³-hybridized carbons (Fsp3) is 0. The second kappa shape index (κ2) is 5.18. The Kier molecular flexibility index (Phi) is 3.61. The molecule has 0 atom stereocenters. The molecule has 2 rings (SSSR count). The third-order valence-corrected chi connectivity index (χ3v) is 3.04. The van der Waals surface area contributed by atoms with Gasteiger partial charge in [-0.15, -0.1) is 0 Å². The van der Waals surface area contributed by atoms with Crippen LogP contribution in [0.2, 0.25) is 10.0 Å². The SMILES string of the molecule is N#Cc1cccc(Oc2ccc(Cl)c(Cl)c2)c1N. The highest BCUT2D eigenvalue weighted by Crippen LogP contribution is 2.32. The largest absolute Gasteiger partial charge is 0.455 e. The summed E-state index contributed by atoms with van der Waals surface area (Å²) in [5.41, 5.74) is 6.47. The van der Waals surface area contributed by atoms with Gasteiger partial charge in [0.1, 0.15) is 11.8 Å². The molecule has 0 unspecified atom stereocenters. The van der Waals surface area contributed by atoms with Crippen LogP contribution < -0.4 is 10.5 Å². The second-order valence-electron chi connectivity index (χ2n) is 3.51. The monoisotopic (exact) mass is 278 g/mol. The van der Waals surface area contributed by atoms with Gasteiger partial charge in [-0.3, -0.25) is 0 Å². The number of benzene rings is 2. The van der Waals surface area contributed by atoms with Gasteiger partial charge >= 0.3 is 0 Å². The number of para-hydroxylation sites is 1. The van der Waals surface area contributed by atoms with Crippen LogP contribution in [0.15, 0.2) is 36.4 Å². The molecule has 0 aliphatic heterocycles. The summed E-state index contributed by atoms with van der Waals surface area (Å²) < 4.78 is 5.57. The zero-order valence-corrected chi connectivity index (χ0v) is 10.7. The van der Waals surface area contributed by atoms with Crippen LogP contribution >= 0.6 is 23.2 Å². The van der Waals surface area contributed by atoms with Crippen LogP contribution in [0, 0.1) is 11.3 Å². The quantitative estimate of drug-likeness (QED) is 0.836. The molecule has 0 aliphatic rings. The lowest BCUT2D eigenvalue weighted by atomic mass is 10.2. The van der Waals surface area contributed by atoms with Gasteiger partial charge in [0.2, 0.25) is 0 Å². The number of halogens is 2. The zero-order chi connectivity index (χ0) is 13.1. The second-order valence-corrected chi connectivity index (χ2v) is 4.32. The third kappa shape index (κ3) is 2.51. The van der Waals surface area contributed by atoms with Gasteiger partial charge in [0, 0.05) is 6.07 Å². The molecule has 0 saturated heterocycles. The van der Waals surface area contributed by atoms with Crippen molar-refractivity contribution >= 4 is 28.9 Å². The first kappa shape index (κ1) is 12.6. The smallest absolute Gasteiger partial charge is 0.151 e. The molecular formula is C13H8Cl2N2O. The van der Waals surface area contributed by atoms with E-state index in [1.54, 1.807) is 36.4 Å². The van der Waals surface area contributed by atoms with Crippen LogP contribution in [-0.2, 0) is 0 Å². The molecule has 0 spiro atoms. The summed E-state index contributed by atoms with van der Waals surface area (Å²) in [5.74, 6) is 0.915. The number of nitrogens with zero attached hydrogens (tertiary/aromatic N) is 1. The summed E-state index contributed by atoms with van der Waals surface area (Å²) in [6, 6.07) is 11.9. The number of nitrogens with two attached hydrogens (primary N) is 1. The predicted molar refractivity (Wildman–Crippen MR) is 72.1 cm³/mol. The van der Waals surface area contributed by atoms with Gasteiger partial charge in [-0.2, -0.15) is 5.26 Å². The van der Waals surface area contributed by atoms with Gasteiger partial charge in [0.25, 0.3) is 0 Å². The van der Waals surface area contributed by atoms with Gasteiger partial charge in [-0.1, -0.05) is 29.3 Å². The van der Waals surface area contributed by atoms with Gasteiger partial charge in [-0.25, -0.2) is 0 Å². The topological polar surface area (TPSA) is 59.0 Å². The Morgan fingerprint density at radius 3 is 2.56 bits per heavy atom. The van der Waals surface area contributed by atoms with E-state index in [1.165, 1.54) is 0 Å². The maximum absolute atomic E-state index is 8.87. The first-order valence-electron chi connectivity index (χ1n) is 5.03. The van der Waals surface area contributed by atoms with Crippen molar-refractivity contribution in [1.82, 2.24) is 0 Å². The molecule has 0 aliphatic carbocycles. The first-order valence-corrected chi connectivity index (χ1v) is 5.79. The van der Waals surface area contributed by atoms with Crippen molar-refractivity contribution in [3.8, 4) is 17.6 Å². The van der Waals surface area contributed by atoms with E-state index in [9.17, 15) is 0 Å². The molecule has 0 aromatic heterocycles. The fourth-order valence-electron chi connectivity index (χ4n) is 1.40. The van der Waals surface area contributed by atoms with Crippen LogP contribution in [0.4, 0.5) is 5.69 Å². The molecule has 5 heteroatoms. The van der Waals surface area contributed by atoms with E-state index in [0.717, 1.165) is 0 Å². The molecule has 0 saturated carbocycles. The lowest BCUT2D eigenvalue weighted by Crippen LogP contribution is -1.95. The minimum absolute atomic E-state index is 0.297. The van der Waals surface area contributed by atoms with E-state index in [4.69, 9.17) is 38.9 Å². The van der Waals surface area contributed by atoms with Crippen molar-refractivity contribution in [2.45, 2.75) is 0 Å². The van der Waals surface area contributed by atoms with Crippen molar-refractivity contribution in [2.24, 2.45) is 0 Å². The molecule has 2 aromatic rings. The molecule has 3 nitrogen and oxygen atoms in total. The van der Waals surface area contributed by atoms with Crippen molar-refractivity contribution < 1.29 is 4.74 Å². The van der Waals surface area contributed by atoms with E-state index in [0.29, 0.717) is 32.8 Å². The van der Waals surface area contributed by atoms with Gasteiger partial charge in [0.15, 0.2) is 5.75 Å². The molecule has 0 amide bonds. The number of ether oxygens (including phenoxy) is 1. The zero-order valence-electron chi connectivity index (χ0n) is 9.15. The average molecular weight is 279 g/mol. The molecule has 0 bridgehead atoms. The maximum atomic E-state index is 8.87. The molecule has 90 valence electrons. The minimum Gasteiger partial charge on any atom is -0.455 e. The summed E-state index contributed by atoms with van der Waals surface area (Å²) in [7, 11) is 0. The third-order valence-electron chi connectivity index (χ3n) is 2.31. The van der Waals surface area contributed by atoms with Gasteiger partial charge in [-0.05, 0) is 24.3 Å². The normalized spacial score (nSPS) is 9.83. The Bertz CT molecular complexity index is 635. The van der Waals surface area contributed by atoms with Crippen molar-refractivity contribution in [3.63, 3.8) is 0 Å². The number of nitriles is 1. The molecule has 0 heterocycles. The van der Waals surface area contributed by atoms with E-state index in [-0.39, 0.29) is 0 Å². The van der Waals surface area contributed by atoms with Crippen LogP contribution in [0.3, 0.4) is 0 Å². The minimum atomic E-state index is 0.297. The Balaban J connectivity index is 2.35. The Labute approximate surface area is 114 Å². The summed E-state index contributed by atoms with van der Waals surface area (Å²) in [5, 5.41) is 9.71. The van der Waals surface area contributed by atoms with Crippen LogP contribution in [0.1, 0.15) is 5.56 Å². The first-order chi connectivity index (χ1) is 8.61. The van der Waals surface area contributed by atoms with Crippen molar-refractivity contribution in [3.05, 3.63) is 52.0 Å². The van der Waals surface area contributed by atoms with Crippen molar-refractivity contribution in [1.29, 1.82) is 5.26 Å². The van der Waals surface area contributed by atoms with E-state index >= 15 is 0 Å². The molecule has 2 N–H and O–H groups in total. The Morgan fingerprint density at radius 1 is 1.11 bits per heavy atom. The van der Waals surface area contributed by atoms with E-state index in [2.05, 4.69) is 0 Å². The molecule has 0 fully saturated rings. The number of hydrogen-bond acceptors (Lipinski definition) is 3. The summed E-state index contributed by atoms with van der Waals surface area (Å²) in [4.78, 5) is 0. The maximum Gasteiger partial charge on any atom is 0.151 e. The van der Waals surface area contributed by atoms with E-state index < -0.39 is 0 Å². The van der Waals surface area contributed by atoms with Crippen LogP contribution in [0.25, 0.3) is 0 Å². The van der Waals surface area contributed by atoms with Crippen molar-refractivity contribution in [2.75, 3.05) is 5.73 Å². The standard InChI is InChI=1S/C13H8Cl2N2O/c14-10-5-4-9(6-11(10)15)18-12-3-1-2-8(7-16)13(12)17/h1-6H,17H2. The molecular weight excluding hydrogens is 271 g/mol. The number of hydrogen-bond donors (Lipinski definition) is 1. The highest BCUT2D eigenvalue weighted by Gasteiger charge is 2.07. The van der Waals surface area contributed by atoms with Crippen LogP contribution in [-0.4, -0.2) is 0 Å².